The number of benzene rings is 7. The average Bonchev–Trinajstić information content (AvgIpc) is 3.70. The summed E-state index contributed by atoms with van der Waals surface area (Å²) in [5.41, 5.74) is 11.6. The molecule has 0 amide bonds. The first-order valence-corrected chi connectivity index (χ1v) is 16.3. The molecular formula is C45H25N5. The number of rotatable bonds is 4. The Labute approximate surface area is 288 Å². The molecule has 2 aromatic heterocycles. The van der Waals surface area contributed by atoms with E-state index in [0.29, 0.717) is 16.8 Å². The Bertz CT molecular complexity index is 2890. The molecule has 0 N–H and O–H groups in total. The van der Waals surface area contributed by atoms with Crippen LogP contribution in [0, 0.1) is 29.2 Å². The smallest absolute Gasteiger partial charge is 0.211 e. The fraction of sp³-hybridized carbons (Fsp3) is 0. The minimum atomic E-state index is 0.565. The summed E-state index contributed by atoms with van der Waals surface area (Å²) in [6.45, 7) is 7.85. The van der Waals surface area contributed by atoms with Crippen LogP contribution in [0.2, 0.25) is 0 Å². The van der Waals surface area contributed by atoms with Gasteiger partial charge in [-0.1, -0.05) is 97.1 Å². The molecule has 0 bridgehead atoms. The van der Waals surface area contributed by atoms with E-state index in [1.165, 1.54) is 10.8 Å². The van der Waals surface area contributed by atoms with Crippen LogP contribution in [-0.4, -0.2) is 9.13 Å². The molecule has 9 aromatic rings. The summed E-state index contributed by atoms with van der Waals surface area (Å²) in [5, 5.41) is 24.1. The fourth-order valence-corrected chi connectivity index (χ4v) is 7.42. The van der Waals surface area contributed by atoms with Crippen LogP contribution in [-0.2, 0) is 0 Å². The minimum absolute atomic E-state index is 0.565. The third-order valence-corrected chi connectivity index (χ3v) is 9.63. The van der Waals surface area contributed by atoms with Crippen LogP contribution >= 0.6 is 0 Å². The highest BCUT2D eigenvalue weighted by Gasteiger charge is 2.19. The Morgan fingerprint density at radius 2 is 1.10 bits per heavy atom. The summed E-state index contributed by atoms with van der Waals surface area (Å²) in [6, 6.07) is 55.6. The van der Waals surface area contributed by atoms with E-state index in [2.05, 4.69) is 129 Å². The maximum Gasteiger partial charge on any atom is 0.211 e. The second-order valence-corrected chi connectivity index (χ2v) is 12.3. The number of nitriles is 2. The number of aromatic nitrogens is 2. The molecule has 50 heavy (non-hydrogen) atoms. The van der Waals surface area contributed by atoms with Crippen LogP contribution in [0.15, 0.2) is 152 Å². The Hall–Kier alpha value is -7.39. The van der Waals surface area contributed by atoms with Crippen molar-refractivity contribution in [3.05, 3.63) is 174 Å². The number of hydrogen-bond donors (Lipinski definition) is 0. The van der Waals surface area contributed by atoms with E-state index in [1.807, 2.05) is 48.5 Å². The third kappa shape index (κ3) is 4.31. The first-order valence-electron chi connectivity index (χ1n) is 16.3. The molecule has 7 aromatic carbocycles. The van der Waals surface area contributed by atoms with Crippen LogP contribution < -0.4 is 0 Å². The molecule has 2 heterocycles. The normalized spacial score (nSPS) is 11.1. The van der Waals surface area contributed by atoms with Gasteiger partial charge in [-0.3, -0.25) is 0 Å². The largest absolute Gasteiger partial charge is 0.319 e. The summed E-state index contributed by atoms with van der Waals surface area (Å²) in [6.07, 6.45) is 0. The molecule has 230 valence electrons. The number of hydrogen-bond acceptors (Lipinski definition) is 2. The van der Waals surface area contributed by atoms with Crippen LogP contribution in [0.1, 0.15) is 11.1 Å². The standard InChI is InChI=1S/C45H25N5/c1-48-39-12-7-11-37-38-26-29(27-46)16-25-42(38)49(45(37)39)34-23-21-31(22-24-34)30-17-19-32(20-18-30)44-33(28-47)8-6-15-43(44)50-40-13-4-2-9-35(40)36-10-3-5-14-41(36)50/h2-26H. The highest BCUT2D eigenvalue weighted by atomic mass is 15.0. The van der Waals surface area contributed by atoms with E-state index < -0.39 is 0 Å². The average molecular weight is 636 g/mol. The molecular weight excluding hydrogens is 611 g/mol. The monoisotopic (exact) mass is 635 g/mol. The van der Waals surface area contributed by atoms with Gasteiger partial charge >= 0.3 is 0 Å². The lowest BCUT2D eigenvalue weighted by atomic mass is 9.95. The highest BCUT2D eigenvalue weighted by molar-refractivity contribution is 6.14. The van der Waals surface area contributed by atoms with Gasteiger partial charge in [0.1, 0.15) is 0 Å². The lowest BCUT2D eigenvalue weighted by Gasteiger charge is -2.16. The van der Waals surface area contributed by atoms with Gasteiger partial charge in [0.2, 0.25) is 5.69 Å². The van der Waals surface area contributed by atoms with Gasteiger partial charge in [0.25, 0.3) is 0 Å². The number of nitrogens with zero attached hydrogens (tertiary/aromatic N) is 5. The van der Waals surface area contributed by atoms with E-state index in [4.69, 9.17) is 6.57 Å². The summed E-state index contributed by atoms with van der Waals surface area (Å²) < 4.78 is 4.38. The molecule has 9 rings (SSSR count). The third-order valence-electron chi connectivity index (χ3n) is 9.63. The van der Waals surface area contributed by atoms with Crippen molar-refractivity contribution < 1.29 is 0 Å². The molecule has 0 fully saturated rings. The number of fused-ring (bicyclic) bond motifs is 6. The predicted octanol–water partition coefficient (Wildman–Crippen LogP) is 11.5. The van der Waals surface area contributed by atoms with Gasteiger partial charge in [-0.2, -0.15) is 10.5 Å². The van der Waals surface area contributed by atoms with E-state index >= 15 is 0 Å². The topological polar surface area (TPSA) is 61.8 Å². The van der Waals surface area contributed by atoms with Gasteiger partial charge in [0.05, 0.1) is 57.6 Å². The summed E-state index contributed by atoms with van der Waals surface area (Å²) >= 11 is 0. The van der Waals surface area contributed by atoms with Crippen molar-refractivity contribution in [2.75, 3.05) is 0 Å². The summed E-state index contributed by atoms with van der Waals surface area (Å²) in [4.78, 5) is 3.83. The SMILES string of the molecule is [C-]#[N+]c1cccc2c3cc(C#N)ccc3n(-c3ccc(-c4ccc(-c5c(C#N)cccc5-n5c6ccccc6c6ccccc65)cc4)cc3)c12. The zero-order valence-electron chi connectivity index (χ0n) is 26.7. The molecule has 0 aliphatic rings. The molecule has 5 heteroatoms. The Balaban J connectivity index is 1.14. The second kappa shape index (κ2) is 11.4. The van der Waals surface area contributed by atoms with Gasteiger partial charge in [-0.15, -0.1) is 0 Å². The molecule has 5 nitrogen and oxygen atoms in total. The lowest BCUT2D eigenvalue weighted by molar-refractivity contribution is 1.18. The first kappa shape index (κ1) is 28.8. The van der Waals surface area contributed by atoms with Crippen LogP contribution in [0.5, 0.6) is 0 Å². The highest BCUT2D eigenvalue weighted by Crippen LogP contribution is 2.40. The molecule has 0 saturated heterocycles. The maximum atomic E-state index is 10.3. The van der Waals surface area contributed by atoms with Crippen LogP contribution in [0.25, 0.3) is 82.1 Å². The zero-order valence-corrected chi connectivity index (χ0v) is 26.7. The fourth-order valence-electron chi connectivity index (χ4n) is 7.42. The van der Waals surface area contributed by atoms with Gasteiger partial charge in [-0.05, 0) is 76.7 Å². The lowest BCUT2D eigenvalue weighted by Crippen LogP contribution is -1.99. The van der Waals surface area contributed by atoms with E-state index in [-0.39, 0.29) is 0 Å². The van der Waals surface area contributed by atoms with Crippen molar-refractivity contribution in [1.29, 1.82) is 10.5 Å². The maximum absolute atomic E-state index is 10.3. The summed E-state index contributed by atoms with van der Waals surface area (Å²) in [7, 11) is 0. The van der Waals surface area contributed by atoms with Crippen LogP contribution in [0.4, 0.5) is 5.69 Å². The van der Waals surface area contributed by atoms with E-state index in [9.17, 15) is 10.5 Å². The second-order valence-electron chi connectivity index (χ2n) is 12.3. The van der Waals surface area contributed by atoms with Crippen molar-refractivity contribution >= 4 is 49.3 Å². The van der Waals surface area contributed by atoms with Gasteiger partial charge in [0, 0.05) is 27.4 Å². The Morgan fingerprint density at radius 1 is 0.500 bits per heavy atom. The van der Waals surface area contributed by atoms with E-state index in [1.54, 1.807) is 0 Å². The van der Waals surface area contributed by atoms with Crippen molar-refractivity contribution in [2.45, 2.75) is 0 Å². The Kier molecular flexibility index (Phi) is 6.56. The van der Waals surface area contributed by atoms with Gasteiger partial charge in [0.15, 0.2) is 0 Å². The van der Waals surface area contributed by atoms with Crippen molar-refractivity contribution in [3.63, 3.8) is 0 Å². The molecule has 0 radical (unpaired) electrons. The van der Waals surface area contributed by atoms with Crippen molar-refractivity contribution in [1.82, 2.24) is 9.13 Å². The molecule has 0 unspecified atom stereocenters. The molecule has 0 aliphatic heterocycles. The molecule has 0 spiro atoms. The molecule has 0 saturated carbocycles. The van der Waals surface area contributed by atoms with Crippen LogP contribution in [0.3, 0.4) is 0 Å². The van der Waals surface area contributed by atoms with Gasteiger partial charge in [-0.25, -0.2) is 4.85 Å². The molecule has 0 aliphatic carbocycles. The summed E-state index contributed by atoms with van der Waals surface area (Å²) in [5.74, 6) is 0. The number of para-hydroxylation sites is 3. The molecule has 0 atom stereocenters. The van der Waals surface area contributed by atoms with Crippen molar-refractivity contribution in [3.8, 4) is 45.8 Å². The van der Waals surface area contributed by atoms with E-state index in [0.717, 1.165) is 66.5 Å². The van der Waals surface area contributed by atoms with Gasteiger partial charge < -0.3 is 9.13 Å². The quantitative estimate of drug-likeness (QED) is 0.181. The minimum Gasteiger partial charge on any atom is -0.319 e. The zero-order chi connectivity index (χ0) is 33.8. The predicted molar refractivity (Wildman–Crippen MR) is 202 cm³/mol. The van der Waals surface area contributed by atoms with Crippen molar-refractivity contribution in [2.24, 2.45) is 0 Å². The Morgan fingerprint density at radius 3 is 1.76 bits per heavy atom. The first-order chi connectivity index (χ1) is 24.7.